The van der Waals surface area contributed by atoms with Crippen LogP contribution in [0.4, 0.5) is 0 Å². The molecular weight excluding hydrogens is 214 g/mol. The van der Waals surface area contributed by atoms with Crippen LogP contribution in [0.15, 0.2) is 6.20 Å². The summed E-state index contributed by atoms with van der Waals surface area (Å²) >= 11 is 6.08. The van der Waals surface area contributed by atoms with Gasteiger partial charge in [-0.2, -0.15) is 5.10 Å². The van der Waals surface area contributed by atoms with E-state index in [4.69, 9.17) is 16.3 Å². The number of rotatable bonds is 0. The Morgan fingerprint density at radius 2 is 2.40 bits per heavy atom. The monoisotopic (exact) mass is 223 g/mol. The molecule has 0 amide bonds. The van der Waals surface area contributed by atoms with Gasteiger partial charge in [0, 0.05) is 12.0 Å². The Morgan fingerprint density at radius 1 is 1.60 bits per heavy atom. The van der Waals surface area contributed by atoms with Crippen molar-refractivity contribution >= 4 is 17.2 Å². The Hall–Kier alpha value is -1.29. The molecule has 1 aliphatic rings. The SMILES string of the molecule is Cc1cn2nc(Cl)c3c(c2n1)OC(C)C3. The predicted molar refractivity (Wildman–Crippen MR) is 56.5 cm³/mol. The van der Waals surface area contributed by atoms with Crippen LogP contribution in [0.5, 0.6) is 5.75 Å². The van der Waals surface area contributed by atoms with E-state index in [2.05, 4.69) is 10.1 Å². The second-order valence-electron chi connectivity index (χ2n) is 3.88. The van der Waals surface area contributed by atoms with E-state index in [-0.39, 0.29) is 6.10 Å². The first-order valence-electron chi connectivity index (χ1n) is 4.86. The van der Waals surface area contributed by atoms with Gasteiger partial charge in [-0.05, 0) is 13.8 Å². The van der Waals surface area contributed by atoms with Gasteiger partial charge >= 0.3 is 0 Å². The minimum absolute atomic E-state index is 0.155. The Bertz CT molecular complexity index is 549. The average molecular weight is 224 g/mol. The third-order valence-corrected chi connectivity index (χ3v) is 2.84. The predicted octanol–water partition coefficient (Wildman–Crippen LogP) is 2.01. The Morgan fingerprint density at radius 3 is 3.20 bits per heavy atom. The smallest absolute Gasteiger partial charge is 0.197 e. The zero-order valence-corrected chi connectivity index (χ0v) is 9.25. The van der Waals surface area contributed by atoms with Crippen LogP contribution in [0, 0.1) is 6.92 Å². The van der Waals surface area contributed by atoms with Gasteiger partial charge in [-0.15, -0.1) is 0 Å². The summed E-state index contributed by atoms with van der Waals surface area (Å²) in [4.78, 5) is 4.38. The fourth-order valence-electron chi connectivity index (χ4n) is 1.93. The zero-order chi connectivity index (χ0) is 10.6. The fraction of sp³-hybridized carbons (Fsp3) is 0.400. The fourth-order valence-corrected chi connectivity index (χ4v) is 2.18. The summed E-state index contributed by atoms with van der Waals surface area (Å²) in [6, 6.07) is 0. The first-order valence-corrected chi connectivity index (χ1v) is 5.24. The summed E-state index contributed by atoms with van der Waals surface area (Å²) in [6.07, 6.45) is 2.81. The van der Waals surface area contributed by atoms with Gasteiger partial charge in [-0.1, -0.05) is 11.6 Å². The van der Waals surface area contributed by atoms with Crippen molar-refractivity contribution in [1.29, 1.82) is 0 Å². The zero-order valence-electron chi connectivity index (χ0n) is 8.49. The van der Waals surface area contributed by atoms with Crippen LogP contribution < -0.4 is 4.74 Å². The number of aromatic nitrogens is 3. The Kier molecular flexibility index (Phi) is 1.71. The third-order valence-electron chi connectivity index (χ3n) is 2.54. The van der Waals surface area contributed by atoms with Crippen LogP contribution in [0.2, 0.25) is 5.15 Å². The maximum atomic E-state index is 6.08. The molecular formula is C10H10ClN3O. The van der Waals surface area contributed by atoms with Gasteiger partial charge in [0.25, 0.3) is 0 Å². The lowest BCUT2D eigenvalue weighted by atomic mass is 10.2. The summed E-state index contributed by atoms with van der Waals surface area (Å²) in [6.45, 7) is 3.94. The molecule has 1 aliphatic heterocycles. The standard InChI is InChI=1S/C10H10ClN3O/c1-5-4-14-10(12-5)8-7(9(11)13-14)3-6(2)15-8/h4,6H,3H2,1-2H3. The van der Waals surface area contributed by atoms with Gasteiger partial charge in [0.05, 0.1) is 11.9 Å². The molecule has 0 N–H and O–H groups in total. The molecule has 1 atom stereocenters. The normalized spacial score (nSPS) is 19.3. The lowest BCUT2D eigenvalue weighted by Gasteiger charge is -2.03. The van der Waals surface area contributed by atoms with Crippen molar-refractivity contribution in [1.82, 2.24) is 14.6 Å². The number of imidazole rings is 1. The second kappa shape index (κ2) is 2.85. The molecule has 0 saturated heterocycles. The minimum atomic E-state index is 0.155. The number of hydrogen-bond acceptors (Lipinski definition) is 3. The van der Waals surface area contributed by atoms with E-state index < -0.39 is 0 Å². The number of nitrogens with zero attached hydrogens (tertiary/aromatic N) is 3. The van der Waals surface area contributed by atoms with Crippen molar-refractivity contribution in [3.63, 3.8) is 0 Å². The molecule has 0 aliphatic carbocycles. The number of hydrogen-bond donors (Lipinski definition) is 0. The van der Waals surface area contributed by atoms with Crippen LogP contribution in [-0.2, 0) is 6.42 Å². The van der Waals surface area contributed by atoms with Crippen molar-refractivity contribution in [2.24, 2.45) is 0 Å². The second-order valence-corrected chi connectivity index (χ2v) is 4.24. The van der Waals surface area contributed by atoms with Crippen molar-refractivity contribution in [3.8, 4) is 5.75 Å². The van der Waals surface area contributed by atoms with Crippen LogP contribution in [0.3, 0.4) is 0 Å². The molecule has 0 fully saturated rings. The van der Waals surface area contributed by atoms with Crippen molar-refractivity contribution in [2.45, 2.75) is 26.4 Å². The van der Waals surface area contributed by atoms with E-state index in [0.717, 1.165) is 29.1 Å². The van der Waals surface area contributed by atoms with Crippen molar-refractivity contribution < 1.29 is 4.74 Å². The summed E-state index contributed by atoms with van der Waals surface area (Å²) in [5, 5.41) is 4.76. The largest absolute Gasteiger partial charge is 0.486 e. The molecule has 2 aromatic heterocycles. The summed E-state index contributed by atoms with van der Waals surface area (Å²) in [7, 11) is 0. The maximum absolute atomic E-state index is 6.08. The molecule has 2 aromatic rings. The lowest BCUT2D eigenvalue weighted by Crippen LogP contribution is -2.05. The highest BCUT2D eigenvalue weighted by Crippen LogP contribution is 2.36. The summed E-state index contributed by atoms with van der Waals surface area (Å²) in [5.74, 6) is 0.788. The van der Waals surface area contributed by atoms with Gasteiger partial charge in [0.1, 0.15) is 6.10 Å². The Balaban J connectivity index is 2.37. The molecule has 0 radical (unpaired) electrons. The van der Waals surface area contributed by atoms with E-state index in [1.807, 2.05) is 20.0 Å². The van der Waals surface area contributed by atoms with Crippen molar-refractivity contribution in [3.05, 3.63) is 22.6 Å². The topological polar surface area (TPSA) is 39.4 Å². The molecule has 3 rings (SSSR count). The van der Waals surface area contributed by atoms with E-state index >= 15 is 0 Å². The molecule has 4 nitrogen and oxygen atoms in total. The van der Waals surface area contributed by atoms with Crippen molar-refractivity contribution in [2.75, 3.05) is 0 Å². The van der Waals surface area contributed by atoms with Gasteiger partial charge in [-0.25, -0.2) is 9.50 Å². The quantitative estimate of drug-likeness (QED) is 0.686. The molecule has 0 saturated carbocycles. The van der Waals surface area contributed by atoms with Crippen LogP contribution in [0.25, 0.3) is 5.65 Å². The van der Waals surface area contributed by atoms with Crippen LogP contribution in [0.1, 0.15) is 18.2 Å². The van der Waals surface area contributed by atoms with Gasteiger partial charge < -0.3 is 4.74 Å². The highest BCUT2D eigenvalue weighted by atomic mass is 35.5. The van der Waals surface area contributed by atoms with E-state index in [9.17, 15) is 0 Å². The first kappa shape index (κ1) is 8.97. The molecule has 0 aromatic carbocycles. The highest BCUT2D eigenvalue weighted by Gasteiger charge is 2.26. The highest BCUT2D eigenvalue weighted by molar-refractivity contribution is 6.30. The minimum Gasteiger partial charge on any atom is -0.486 e. The maximum Gasteiger partial charge on any atom is 0.197 e. The van der Waals surface area contributed by atoms with E-state index in [1.54, 1.807) is 4.52 Å². The van der Waals surface area contributed by atoms with E-state index in [1.165, 1.54) is 0 Å². The molecule has 0 spiro atoms. The summed E-state index contributed by atoms with van der Waals surface area (Å²) < 4.78 is 7.38. The lowest BCUT2D eigenvalue weighted by molar-refractivity contribution is 0.256. The number of ether oxygens (including phenoxy) is 1. The van der Waals surface area contributed by atoms with Gasteiger partial charge in [0.2, 0.25) is 0 Å². The van der Waals surface area contributed by atoms with Crippen LogP contribution >= 0.6 is 11.6 Å². The van der Waals surface area contributed by atoms with Crippen LogP contribution in [-0.4, -0.2) is 20.7 Å². The number of fused-ring (bicyclic) bond motifs is 3. The third kappa shape index (κ3) is 1.21. The molecule has 5 heteroatoms. The Labute approximate surface area is 91.8 Å². The number of halogens is 1. The van der Waals surface area contributed by atoms with E-state index in [0.29, 0.717) is 5.15 Å². The molecule has 15 heavy (non-hydrogen) atoms. The molecule has 1 unspecified atom stereocenters. The molecule has 3 heterocycles. The average Bonchev–Trinajstić information content (AvgIpc) is 2.68. The summed E-state index contributed by atoms with van der Waals surface area (Å²) in [5.41, 5.74) is 2.65. The number of aryl methyl sites for hydroxylation is 1. The molecule has 78 valence electrons. The van der Waals surface area contributed by atoms with Gasteiger partial charge in [-0.3, -0.25) is 0 Å². The molecule has 0 bridgehead atoms. The van der Waals surface area contributed by atoms with Gasteiger partial charge in [0.15, 0.2) is 16.5 Å². The first-order chi connectivity index (χ1) is 7.15.